The van der Waals surface area contributed by atoms with Gasteiger partial charge in [-0.2, -0.15) is 0 Å². The second kappa shape index (κ2) is 6.42. The Morgan fingerprint density at radius 1 is 1.05 bits per heavy atom. The van der Waals surface area contributed by atoms with Crippen LogP contribution < -0.4 is 5.32 Å². The number of halogens is 2. The summed E-state index contributed by atoms with van der Waals surface area (Å²) in [6.07, 6.45) is 0.818. The summed E-state index contributed by atoms with van der Waals surface area (Å²) in [5.41, 5.74) is 3.58. The average Bonchev–Trinajstić information content (AvgIpc) is 2.42. The van der Waals surface area contributed by atoms with Crippen molar-refractivity contribution in [2.24, 2.45) is 0 Å². The monoisotopic (exact) mass is 293 g/mol. The summed E-state index contributed by atoms with van der Waals surface area (Å²) in [5, 5.41) is 4.59. The Bertz CT molecular complexity index is 549. The van der Waals surface area contributed by atoms with Crippen LogP contribution in [0.4, 0.5) is 0 Å². The summed E-state index contributed by atoms with van der Waals surface area (Å²) in [6.45, 7) is 2.09. The molecule has 3 heteroatoms. The van der Waals surface area contributed by atoms with Crippen molar-refractivity contribution in [2.75, 3.05) is 7.05 Å². The zero-order chi connectivity index (χ0) is 13.8. The van der Waals surface area contributed by atoms with Crippen molar-refractivity contribution in [1.29, 1.82) is 0 Å². The smallest absolute Gasteiger partial charge is 0.0624 e. The Labute approximate surface area is 124 Å². The molecule has 2 rings (SSSR count). The molecule has 0 saturated heterocycles. The van der Waals surface area contributed by atoms with Gasteiger partial charge in [0.25, 0.3) is 0 Å². The summed E-state index contributed by atoms with van der Waals surface area (Å²) < 4.78 is 0. The molecule has 0 saturated carbocycles. The number of rotatable bonds is 4. The van der Waals surface area contributed by atoms with Crippen molar-refractivity contribution in [3.05, 3.63) is 69.2 Å². The van der Waals surface area contributed by atoms with Crippen LogP contribution in [0.3, 0.4) is 0 Å². The van der Waals surface area contributed by atoms with Crippen LogP contribution >= 0.6 is 23.2 Å². The van der Waals surface area contributed by atoms with Crippen LogP contribution in [0.15, 0.2) is 42.5 Å². The van der Waals surface area contributed by atoms with Gasteiger partial charge in [0, 0.05) is 6.04 Å². The fourth-order valence-electron chi connectivity index (χ4n) is 2.11. The molecule has 0 radical (unpaired) electrons. The van der Waals surface area contributed by atoms with Crippen LogP contribution in [0.2, 0.25) is 10.0 Å². The first kappa shape index (κ1) is 14.4. The Morgan fingerprint density at radius 3 is 2.37 bits per heavy atom. The molecular formula is C16H17Cl2N. The van der Waals surface area contributed by atoms with Crippen molar-refractivity contribution < 1.29 is 0 Å². The number of nitrogens with one attached hydrogen (secondary N) is 1. The van der Waals surface area contributed by atoms with Crippen LogP contribution in [0.25, 0.3) is 0 Å². The van der Waals surface area contributed by atoms with E-state index in [-0.39, 0.29) is 6.04 Å². The molecule has 19 heavy (non-hydrogen) atoms. The molecule has 2 aromatic carbocycles. The predicted octanol–water partition coefficient (Wildman–Crippen LogP) is 4.81. The molecule has 2 aromatic rings. The van der Waals surface area contributed by atoms with Crippen molar-refractivity contribution in [3.63, 3.8) is 0 Å². The summed E-state index contributed by atoms with van der Waals surface area (Å²) in [7, 11) is 1.96. The highest BCUT2D eigenvalue weighted by Gasteiger charge is 2.13. The second-order valence-corrected chi connectivity index (χ2v) is 5.45. The lowest BCUT2D eigenvalue weighted by molar-refractivity contribution is 0.592. The van der Waals surface area contributed by atoms with Gasteiger partial charge in [0.1, 0.15) is 0 Å². The third kappa shape index (κ3) is 3.50. The minimum atomic E-state index is 0.233. The number of hydrogen-bond acceptors (Lipinski definition) is 1. The topological polar surface area (TPSA) is 12.0 Å². The zero-order valence-corrected chi connectivity index (χ0v) is 12.6. The van der Waals surface area contributed by atoms with Gasteiger partial charge in [-0.1, -0.05) is 65.2 Å². The van der Waals surface area contributed by atoms with Crippen molar-refractivity contribution >= 4 is 23.2 Å². The summed E-state index contributed by atoms with van der Waals surface area (Å²) in [6, 6.07) is 14.5. The fourth-order valence-corrected chi connectivity index (χ4v) is 2.51. The Balaban J connectivity index is 2.24. The SMILES string of the molecule is CNC(Cc1cccc(Cl)c1Cl)c1ccc(C)cc1. The van der Waals surface area contributed by atoms with Crippen molar-refractivity contribution in [1.82, 2.24) is 5.32 Å². The maximum Gasteiger partial charge on any atom is 0.0624 e. The van der Waals surface area contributed by atoms with Crippen molar-refractivity contribution in [3.8, 4) is 0 Å². The standard InChI is InChI=1S/C16H17Cl2N/c1-11-6-8-12(9-7-11)15(19-2)10-13-4-3-5-14(17)16(13)18/h3-9,15,19H,10H2,1-2H3. The van der Waals surface area contributed by atoms with Crippen LogP contribution in [0, 0.1) is 6.92 Å². The minimum Gasteiger partial charge on any atom is -0.313 e. The van der Waals surface area contributed by atoms with Gasteiger partial charge in [0.15, 0.2) is 0 Å². The third-order valence-electron chi connectivity index (χ3n) is 3.28. The van der Waals surface area contributed by atoms with E-state index in [0.29, 0.717) is 10.0 Å². The number of likely N-dealkylation sites (N-methyl/N-ethyl adjacent to an activating group) is 1. The normalized spacial score (nSPS) is 12.4. The van der Waals surface area contributed by atoms with E-state index < -0.39 is 0 Å². The molecule has 0 bridgehead atoms. The number of hydrogen-bond donors (Lipinski definition) is 1. The molecule has 0 spiro atoms. The second-order valence-electron chi connectivity index (χ2n) is 4.67. The average molecular weight is 294 g/mol. The molecule has 1 unspecified atom stereocenters. The molecule has 100 valence electrons. The van der Waals surface area contributed by atoms with Gasteiger partial charge < -0.3 is 5.32 Å². The van der Waals surface area contributed by atoms with E-state index in [4.69, 9.17) is 23.2 Å². The molecule has 0 aliphatic rings. The van der Waals surface area contributed by atoms with Gasteiger partial charge >= 0.3 is 0 Å². The van der Waals surface area contributed by atoms with Crippen LogP contribution in [0.5, 0.6) is 0 Å². The lowest BCUT2D eigenvalue weighted by Gasteiger charge is -2.18. The Morgan fingerprint density at radius 2 is 1.74 bits per heavy atom. The first-order valence-electron chi connectivity index (χ1n) is 6.28. The van der Waals surface area contributed by atoms with Gasteiger partial charge in [-0.3, -0.25) is 0 Å². The third-order valence-corrected chi connectivity index (χ3v) is 4.14. The highest BCUT2D eigenvalue weighted by Crippen LogP contribution is 2.29. The quantitative estimate of drug-likeness (QED) is 0.853. The highest BCUT2D eigenvalue weighted by molar-refractivity contribution is 6.42. The van der Waals surface area contributed by atoms with Crippen LogP contribution in [-0.4, -0.2) is 7.05 Å². The van der Waals surface area contributed by atoms with Crippen molar-refractivity contribution in [2.45, 2.75) is 19.4 Å². The molecule has 0 fully saturated rings. The van der Waals surface area contributed by atoms with E-state index in [1.807, 2.05) is 25.2 Å². The van der Waals surface area contributed by atoms with E-state index in [1.165, 1.54) is 11.1 Å². The molecule has 0 aromatic heterocycles. The van der Waals surface area contributed by atoms with E-state index in [2.05, 4.69) is 36.5 Å². The van der Waals surface area contributed by atoms with Gasteiger partial charge in [0.2, 0.25) is 0 Å². The predicted molar refractivity (Wildman–Crippen MR) is 83.1 cm³/mol. The summed E-state index contributed by atoms with van der Waals surface area (Å²) in [4.78, 5) is 0. The number of aryl methyl sites for hydroxylation is 1. The molecule has 1 N–H and O–H groups in total. The largest absolute Gasteiger partial charge is 0.313 e. The molecule has 1 nitrogen and oxygen atoms in total. The van der Waals surface area contributed by atoms with E-state index >= 15 is 0 Å². The van der Waals surface area contributed by atoms with E-state index in [1.54, 1.807) is 0 Å². The maximum atomic E-state index is 6.25. The maximum absolute atomic E-state index is 6.25. The summed E-state index contributed by atoms with van der Waals surface area (Å²) in [5.74, 6) is 0. The highest BCUT2D eigenvalue weighted by atomic mass is 35.5. The first-order chi connectivity index (χ1) is 9.11. The first-order valence-corrected chi connectivity index (χ1v) is 7.04. The molecule has 1 atom stereocenters. The lowest BCUT2D eigenvalue weighted by Crippen LogP contribution is -2.19. The van der Waals surface area contributed by atoms with Crippen LogP contribution in [-0.2, 0) is 6.42 Å². The van der Waals surface area contributed by atoms with E-state index in [9.17, 15) is 0 Å². The fraction of sp³-hybridized carbons (Fsp3) is 0.250. The minimum absolute atomic E-state index is 0.233. The van der Waals surface area contributed by atoms with Gasteiger partial charge in [0.05, 0.1) is 10.0 Å². The van der Waals surface area contributed by atoms with Gasteiger partial charge in [-0.05, 0) is 37.6 Å². The molecule has 0 aliphatic heterocycles. The van der Waals surface area contributed by atoms with Gasteiger partial charge in [-0.25, -0.2) is 0 Å². The molecular weight excluding hydrogens is 277 g/mol. The molecule has 0 amide bonds. The lowest BCUT2D eigenvalue weighted by atomic mass is 9.98. The van der Waals surface area contributed by atoms with Gasteiger partial charge in [-0.15, -0.1) is 0 Å². The Kier molecular flexibility index (Phi) is 4.87. The van der Waals surface area contributed by atoms with E-state index in [0.717, 1.165) is 12.0 Å². The zero-order valence-electron chi connectivity index (χ0n) is 11.1. The number of benzene rings is 2. The Hall–Kier alpha value is -1.02. The van der Waals surface area contributed by atoms with Crippen LogP contribution in [0.1, 0.15) is 22.7 Å². The molecule has 0 aliphatic carbocycles. The molecule has 0 heterocycles. The summed E-state index contributed by atoms with van der Waals surface area (Å²) >= 11 is 12.3.